The minimum absolute atomic E-state index is 0.164. The van der Waals surface area contributed by atoms with Crippen LogP contribution in [0, 0.1) is 0 Å². The lowest BCUT2D eigenvalue weighted by molar-refractivity contribution is -0.161. The second-order valence-corrected chi connectivity index (χ2v) is 18.3. The molecule has 366 valence electrons. The molecule has 10 nitrogen and oxygen atoms in total. The van der Waals surface area contributed by atoms with Crippen molar-refractivity contribution in [1.29, 1.82) is 0 Å². The van der Waals surface area contributed by atoms with Crippen LogP contribution in [-0.4, -0.2) is 65.7 Å². The van der Waals surface area contributed by atoms with E-state index in [1.807, 2.05) is 6.08 Å². The SMILES string of the molecule is CCCCCCCC/C=C/CCCCCCCCCCCC(=O)O[C@H](COC(=O)CCC/C=C/C/C=C/C/C=C/C/C=C/CCCCCCCCC)COP(=O)(O)OC[C@@H](O)CO. The predicted molar refractivity (Wildman–Crippen MR) is 260 cm³/mol. The molecule has 0 saturated heterocycles. The first-order chi connectivity index (χ1) is 30.7. The van der Waals surface area contributed by atoms with Gasteiger partial charge in [0.05, 0.1) is 19.8 Å². The van der Waals surface area contributed by atoms with Crippen LogP contribution in [0.3, 0.4) is 0 Å². The fraction of sp³-hybridized carbons (Fsp3) is 0.769. The lowest BCUT2D eigenvalue weighted by atomic mass is 10.1. The van der Waals surface area contributed by atoms with Crippen molar-refractivity contribution in [2.24, 2.45) is 0 Å². The Hall–Kier alpha value is -2.33. The monoisotopic (exact) mass is 909 g/mol. The summed E-state index contributed by atoms with van der Waals surface area (Å²) in [4.78, 5) is 35.1. The number of esters is 2. The molecule has 0 heterocycles. The van der Waals surface area contributed by atoms with E-state index in [0.29, 0.717) is 19.3 Å². The maximum absolute atomic E-state index is 12.7. The Morgan fingerprint density at radius 2 is 0.841 bits per heavy atom. The Morgan fingerprint density at radius 3 is 1.30 bits per heavy atom. The zero-order valence-electron chi connectivity index (χ0n) is 40.0. The fourth-order valence-electron chi connectivity index (χ4n) is 6.75. The van der Waals surface area contributed by atoms with E-state index >= 15 is 0 Å². The number of rotatable bonds is 47. The van der Waals surface area contributed by atoms with Gasteiger partial charge in [-0.3, -0.25) is 18.6 Å². The molecule has 0 aliphatic carbocycles. The Labute approximate surface area is 385 Å². The lowest BCUT2D eigenvalue weighted by Gasteiger charge is -2.20. The minimum atomic E-state index is -4.64. The van der Waals surface area contributed by atoms with Crippen LogP contribution in [0.15, 0.2) is 60.8 Å². The van der Waals surface area contributed by atoms with Crippen molar-refractivity contribution < 1.29 is 47.8 Å². The van der Waals surface area contributed by atoms with Gasteiger partial charge in [-0.05, 0) is 77.0 Å². The van der Waals surface area contributed by atoms with Crippen LogP contribution < -0.4 is 0 Å². The summed E-state index contributed by atoms with van der Waals surface area (Å²) in [5.74, 6) is -0.990. The Kier molecular flexibility index (Phi) is 45.9. The summed E-state index contributed by atoms with van der Waals surface area (Å²) in [5.41, 5.74) is 0. The normalized spacial score (nSPS) is 14.2. The highest BCUT2D eigenvalue weighted by Gasteiger charge is 2.27. The number of carbonyl (C=O) groups is 2. The van der Waals surface area contributed by atoms with Gasteiger partial charge in [-0.15, -0.1) is 0 Å². The van der Waals surface area contributed by atoms with Gasteiger partial charge in [0.15, 0.2) is 6.10 Å². The van der Waals surface area contributed by atoms with Crippen LogP contribution in [0.4, 0.5) is 0 Å². The number of hydrogen-bond donors (Lipinski definition) is 3. The molecule has 0 fully saturated rings. The largest absolute Gasteiger partial charge is 0.472 e. The summed E-state index contributed by atoms with van der Waals surface area (Å²) in [6, 6.07) is 0. The first-order valence-electron chi connectivity index (χ1n) is 25.2. The minimum Gasteiger partial charge on any atom is -0.462 e. The number of unbranched alkanes of at least 4 members (excludes halogenated alkanes) is 23. The molecular formula is C52H93O10P. The standard InChI is InChI=1S/C52H93O10P/c1-3-5-7-9-11-13-15-17-19-21-23-24-26-27-29-31-33-35-37-39-41-43-51(55)59-47-50(48-61-63(57,58)60-46-49(54)45-53)62-52(56)44-42-40-38-36-34-32-30-28-25-22-20-18-16-14-12-10-8-6-4-2/h18-21,24,26,29,31,35,37,49-50,53-54H,3-17,22-23,25,27-28,30,32-34,36,38-48H2,1-2H3,(H,57,58)/b20-18+,21-19+,26-24+,31-29+,37-35+/t49-,50+/m0/s1. The molecule has 11 heteroatoms. The fourth-order valence-corrected chi connectivity index (χ4v) is 7.54. The second-order valence-electron chi connectivity index (χ2n) is 16.8. The number of aliphatic hydroxyl groups excluding tert-OH is 2. The molecule has 0 aromatic rings. The molecule has 0 rings (SSSR count). The smallest absolute Gasteiger partial charge is 0.462 e. The molecule has 0 aromatic heterocycles. The molecule has 0 spiro atoms. The Bertz CT molecular complexity index is 1230. The molecule has 0 aromatic carbocycles. The Balaban J connectivity index is 4.30. The van der Waals surface area contributed by atoms with Crippen molar-refractivity contribution in [2.45, 2.75) is 232 Å². The zero-order chi connectivity index (χ0) is 46.2. The highest BCUT2D eigenvalue weighted by Crippen LogP contribution is 2.43. The average Bonchev–Trinajstić information content (AvgIpc) is 3.27. The van der Waals surface area contributed by atoms with Crippen LogP contribution >= 0.6 is 7.82 Å². The molecule has 63 heavy (non-hydrogen) atoms. The first kappa shape index (κ1) is 60.7. The lowest BCUT2D eigenvalue weighted by Crippen LogP contribution is -2.29. The number of phosphoric acid groups is 1. The van der Waals surface area contributed by atoms with Gasteiger partial charge >= 0.3 is 19.8 Å². The molecule has 3 N–H and O–H groups in total. The molecule has 0 radical (unpaired) electrons. The predicted octanol–water partition coefficient (Wildman–Crippen LogP) is 14.2. The van der Waals surface area contributed by atoms with E-state index in [1.165, 1.54) is 135 Å². The van der Waals surface area contributed by atoms with E-state index in [0.717, 1.165) is 38.5 Å². The van der Waals surface area contributed by atoms with Crippen LogP contribution in [-0.2, 0) is 32.7 Å². The number of ether oxygens (including phenoxy) is 2. The summed E-state index contributed by atoms with van der Waals surface area (Å²) in [6.07, 6.45) is 54.8. The molecule has 0 saturated carbocycles. The van der Waals surface area contributed by atoms with Crippen molar-refractivity contribution in [1.82, 2.24) is 0 Å². The van der Waals surface area contributed by atoms with E-state index < -0.39 is 51.8 Å². The van der Waals surface area contributed by atoms with Crippen molar-refractivity contribution in [3.63, 3.8) is 0 Å². The van der Waals surface area contributed by atoms with E-state index in [-0.39, 0.29) is 19.4 Å². The van der Waals surface area contributed by atoms with Crippen LogP contribution in [0.2, 0.25) is 0 Å². The van der Waals surface area contributed by atoms with E-state index in [1.54, 1.807) is 0 Å². The van der Waals surface area contributed by atoms with Crippen LogP contribution in [0.5, 0.6) is 0 Å². The van der Waals surface area contributed by atoms with Crippen molar-refractivity contribution in [3.8, 4) is 0 Å². The molecule has 0 aliphatic rings. The number of hydrogen-bond acceptors (Lipinski definition) is 9. The van der Waals surface area contributed by atoms with Gasteiger partial charge in [0, 0.05) is 12.8 Å². The topological polar surface area (TPSA) is 149 Å². The third kappa shape index (κ3) is 47.5. The average molecular weight is 909 g/mol. The summed E-state index contributed by atoms with van der Waals surface area (Å²) in [5, 5.41) is 18.4. The summed E-state index contributed by atoms with van der Waals surface area (Å²) < 4.78 is 32.8. The number of allylic oxidation sites excluding steroid dienone is 10. The maximum atomic E-state index is 12.7. The van der Waals surface area contributed by atoms with Gasteiger partial charge in [0.2, 0.25) is 0 Å². The van der Waals surface area contributed by atoms with Crippen molar-refractivity contribution >= 4 is 19.8 Å². The van der Waals surface area contributed by atoms with Gasteiger partial charge in [-0.2, -0.15) is 0 Å². The molecule has 0 bridgehead atoms. The molecule has 1 unspecified atom stereocenters. The summed E-state index contributed by atoms with van der Waals surface area (Å²) in [7, 11) is -4.64. The zero-order valence-corrected chi connectivity index (χ0v) is 40.9. The molecule has 0 aliphatic heterocycles. The maximum Gasteiger partial charge on any atom is 0.472 e. The second kappa shape index (κ2) is 47.6. The van der Waals surface area contributed by atoms with Gasteiger partial charge in [-0.1, -0.05) is 190 Å². The highest BCUT2D eigenvalue weighted by molar-refractivity contribution is 7.47. The van der Waals surface area contributed by atoms with Gasteiger partial charge < -0.3 is 24.6 Å². The molecule has 0 amide bonds. The van der Waals surface area contributed by atoms with Gasteiger partial charge in [0.1, 0.15) is 12.7 Å². The molecule has 3 atom stereocenters. The quantitative estimate of drug-likeness (QED) is 0.0233. The molecular weight excluding hydrogens is 816 g/mol. The number of phosphoric ester groups is 1. The van der Waals surface area contributed by atoms with Gasteiger partial charge in [-0.25, -0.2) is 4.57 Å². The first-order valence-corrected chi connectivity index (χ1v) is 26.7. The summed E-state index contributed by atoms with van der Waals surface area (Å²) in [6.45, 7) is 2.33. The van der Waals surface area contributed by atoms with Crippen LogP contribution in [0.1, 0.15) is 219 Å². The third-order valence-corrected chi connectivity index (χ3v) is 11.6. The van der Waals surface area contributed by atoms with E-state index in [9.17, 15) is 24.2 Å². The highest BCUT2D eigenvalue weighted by atomic mass is 31.2. The van der Waals surface area contributed by atoms with Crippen molar-refractivity contribution in [2.75, 3.05) is 26.4 Å². The number of carbonyl (C=O) groups excluding carboxylic acids is 2. The third-order valence-electron chi connectivity index (χ3n) is 10.6. The number of aliphatic hydroxyl groups is 2. The van der Waals surface area contributed by atoms with E-state index in [2.05, 4.69) is 68.5 Å². The summed E-state index contributed by atoms with van der Waals surface area (Å²) >= 11 is 0. The van der Waals surface area contributed by atoms with Gasteiger partial charge in [0.25, 0.3) is 0 Å². The van der Waals surface area contributed by atoms with Crippen molar-refractivity contribution in [3.05, 3.63) is 60.8 Å². The Morgan fingerprint density at radius 1 is 0.476 bits per heavy atom. The van der Waals surface area contributed by atoms with Crippen LogP contribution in [0.25, 0.3) is 0 Å². The van der Waals surface area contributed by atoms with E-state index in [4.69, 9.17) is 23.6 Å².